The topological polar surface area (TPSA) is 125 Å². The molecule has 2 aliphatic carbocycles. The Hall–Kier alpha value is -3.53. The zero-order valence-electron chi connectivity index (χ0n) is 21.3. The van der Waals surface area contributed by atoms with Gasteiger partial charge in [0.1, 0.15) is 17.6 Å². The highest BCUT2D eigenvalue weighted by Crippen LogP contribution is 2.51. The number of benzene rings is 1. The predicted molar refractivity (Wildman–Crippen MR) is 136 cm³/mol. The molecule has 2 atom stereocenters. The van der Waals surface area contributed by atoms with Gasteiger partial charge in [-0.3, -0.25) is 19.4 Å². The summed E-state index contributed by atoms with van der Waals surface area (Å²) in [7, 11) is 0. The molecule has 2 saturated carbocycles. The van der Waals surface area contributed by atoms with Gasteiger partial charge in [0.2, 0.25) is 5.91 Å². The first-order valence-electron chi connectivity index (χ1n) is 12.9. The molecule has 0 aliphatic heterocycles. The average Bonchev–Trinajstić information content (AvgIpc) is 3.81. The molecule has 196 valence electrons. The van der Waals surface area contributed by atoms with Crippen molar-refractivity contribution >= 4 is 17.5 Å². The van der Waals surface area contributed by atoms with Gasteiger partial charge in [-0.25, -0.2) is 4.39 Å². The maximum atomic E-state index is 15.1. The molecule has 0 saturated heterocycles. The molecule has 37 heavy (non-hydrogen) atoms. The minimum absolute atomic E-state index is 0.0240. The van der Waals surface area contributed by atoms with Gasteiger partial charge in [-0.05, 0) is 88.5 Å². The van der Waals surface area contributed by atoms with Gasteiger partial charge in [-0.2, -0.15) is 10.2 Å². The first-order valence-corrected chi connectivity index (χ1v) is 12.9. The summed E-state index contributed by atoms with van der Waals surface area (Å²) in [4.78, 5) is 26.9. The second-order valence-electron chi connectivity index (χ2n) is 10.4. The number of aryl methyl sites for hydroxylation is 2. The molecule has 0 radical (unpaired) electrons. The van der Waals surface area contributed by atoms with Gasteiger partial charge in [0.15, 0.2) is 0 Å². The van der Waals surface area contributed by atoms with E-state index in [-0.39, 0.29) is 30.2 Å². The second-order valence-corrected chi connectivity index (χ2v) is 10.4. The zero-order chi connectivity index (χ0) is 26.3. The molecule has 10 heteroatoms. The van der Waals surface area contributed by atoms with Gasteiger partial charge < -0.3 is 15.7 Å². The van der Waals surface area contributed by atoms with Gasteiger partial charge in [0, 0.05) is 28.7 Å². The Morgan fingerprint density at radius 1 is 1.19 bits per heavy atom. The van der Waals surface area contributed by atoms with Crippen LogP contribution in [0.2, 0.25) is 0 Å². The van der Waals surface area contributed by atoms with Gasteiger partial charge in [0.05, 0.1) is 18.3 Å². The van der Waals surface area contributed by atoms with E-state index < -0.39 is 17.8 Å². The SMILES string of the molecule is Cc1n[nH]c(C)c1-c1ccc(NC(=O)C(NC(=O)c2ccnn2[C@@H](C)CO)C(C2CC2)C2CC2)cc1F. The van der Waals surface area contributed by atoms with Crippen LogP contribution in [0.25, 0.3) is 11.1 Å². The number of aromatic nitrogens is 4. The molecule has 9 nitrogen and oxygen atoms in total. The van der Waals surface area contributed by atoms with Crippen molar-refractivity contribution in [1.82, 2.24) is 25.3 Å². The highest BCUT2D eigenvalue weighted by atomic mass is 19.1. The summed E-state index contributed by atoms with van der Waals surface area (Å²) in [5, 5.41) is 26.5. The monoisotopic (exact) mass is 508 g/mol. The highest BCUT2D eigenvalue weighted by molar-refractivity contribution is 6.01. The summed E-state index contributed by atoms with van der Waals surface area (Å²) >= 11 is 0. The molecule has 2 aromatic heterocycles. The summed E-state index contributed by atoms with van der Waals surface area (Å²) in [6.07, 6.45) is 5.64. The van der Waals surface area contributed by atoms with Crippen molar-refractivity contribution in [3.8, 4) is 11.1 Å². The van der Waals surface area contributed by atoms with E-state index in [1.54, 1.807) is 25.1 Å². The smallest absolute Gasteiger partial charge is 0.270 e. The van der Waals surface area contributed by atoms with E-state index in [9.17, 15) is 14.7 Å². The number of nitrogens with one attached hydrogen (secondary N) is 3. The van der Waals surface area contributed by atoms with E-state index in [1.165, 1.54) is 16.9 Å². The van der Waals surface area contributed by atoms with Crippen LogP contribution in [0.4, 0.5) is 10.1 Å². The van der Waals surface area contributed by atoms with Crippen molar-refractivity contribution in [2.75, 3.05) is 11.9 Å². The number of carbonyl (C=O) groups is 2. The quantitative estimate of drug-likeness (QED) is 0.332. The van der Waals surface area contributed by atoms with Crippen LogP contribution in [-0.4, -0.2) is 49.5 Å². The molecule has 2 fully saturated rings. The maximum absolute atomic E-state index is 15.1. The number of nitrogens with zero attached hydrogens (tertiary/aromatic N) is 3. The minimum atomic E-state index is -0.763. The van der Waals surface area contributed by atoms with Gasteiger partial charge in [-0.1, -0.05) is 0 Å². The Kier molecular flexibility index (Phi) is 6.85. The Morgan fingerprint density at radius 3 is 2.46 bits per heavy atom. The largest absolute Gasteiger partial charge is 0.394 e. The third-order valence-corrected chi connectivity index (χ3v) is 7.51. The summed E-state index contributed by atoms with van der Waals surface area (Å²) in [6.45, 7) is 5.24. The standard InChI is InChI=1S/C27H33FN6O3/c1-14(13-35)34-22(10-11-29-34)26(36)31-25(24(17-4-5-17)18-6-7-18)27(37)30-19-8-9-20(21(28)12-19)23-15(2)32-33-16(23)3/h8-12,14,17-18,24-25,35H,4-7,13H2,1-3H3,(H,30,37)(H,31,36)(H,32,33)/t14-,25?/m0/s1. The number of aliphatic hydroxyl groups is 1. The lowest BCUT2D eigenvalue weighted by molar-refractivity contribution is -0.119. The maximum Gasteiger partial charge on any atom is 0.270 e. The average molecular weight is 509 g/mol. The van der Waals surface area contributed by atoms with Crippen LogP contribution < -0.4 is 10.6 Å². The number of H-pyrrole nitrogens is 1. The van der Waals surface area contributed by atoms with Crippen molar-refractivity contribution in [1.29, 1.82) is 0 Å². The van der Waals surface area contributed by atoms with Crippen LogP contribution >= 0.6 is 0 Å². The Bertz CT molecular complexity index is 1280. The number of anilines is 1. The lowest BCUT2D eigenvalue weighted by Gasteiger charge is -2.28. The number of aliphatic hydroxyl groups excluding tert-OH is 1. The number of rotatable bonds is 10. The van der Waals surface area contributed by atoms with E-state index in [4.69, 9.17) is 0 Å². The molecule has 1 unspecified atom stereocenters. The van der Waals surface area contributed by atoms with Crippen molar-refractivity contribution in [2.24, 2.45) is 17.8 Å². The Labute approximate surface area is 214 Å². The number of amides is 2. The predicted octanol–water partition coefficient (Wildman–Crippen LogP) is 3.76. The fourth-order valence-corrected chi connectivity index (χ4v) is 5.33. The lowest BCUT2D eigenvalue weighted by Crippen LogP contribution is -2.50. The van der Waals surface area contributed by atoms with E-state index in [1.807, 2.05) is 13.8 Å². The zero-order valence-corrected chi connectivity index (χ0v) is 21.3. The highest BCUT2D eigenvalue weighted by Gasteiger charge is 2.48. The first-order chi connectivity index (χ1) is 17.8. The second kappa shape index (κ2) is 10.1. The lowest BCUT2D eigenvalue weighted by atomic mass is 9.88. The van der Waals surface area contributed by atoms with E-state index in [0.717, 1.165) is 31.4 Å². The van der Waals surface area contributed by atoms with Gasteiger partial charge in [0.25, 0.3) is 5.91 Å². The van der Waals surface area contributed by atoms with Gasteiger partial charge in [-0.15, -0.1) is 0 Å². The van der Waals surface area contributed by atoms with E-state index in [0.29, 0.717) is 34.3 Å². The Balaban J connectivity index is 1.39. The Morgan fingerprint density at radius 2 is 1.89 bits per heavy atom. The molecule has 0 spiro atoms. The first kappa shape index (κ1) is 25.1. The molecule has 3 aromatic rings. The van der Waals surface area contributed by atoms with Crippen LogP contribution in [0.3, 0.4) is 0 Å². The van der Waals surface area contributed by atoms with Crippen molar-refractivity contribution in [2.45, 2.75) is 58.5 Å². The summed E-state index contributed by atoms with van der Waals surface area (Å²) in [5.74, 6) is -0.449. The molecule has 2 heterocycles. The third-order valence-electron chi connectivity index (χ3n) is 7.51. The van der Waals surface area contributed by atoms with Crippen LogP contribution in [0.1, 0.15) is 60.5 Å². The number of hydrogen-bond donors (Lipinski definition) is 4. The summed E-state index contributed by atoms with van der Waals surface area (Å²) in [5.41, 5.74) is 3.19. The normalized spacial score (nSPS) is 17.0. The van der Waals surface area contributed by atoms with Crippen molar-refractivity contribution in [3.05, 3.63) is 53.4 Å². The van der Waals surface area contributed by atoms with Crippen LogP contribution in [-0.2, 0) is 4.79 Å². The van der Waals surface area contributed by atoms with Crippen molar-refractivity contribution < 1.29 is 19.1 Å². The third kappa shape index (κ3) is 5.16. The van der Waals surface area contributed by atoms with Crippen molar-refractivity contribution in [3.63, 3.8) is 0 Å². The number of aromatic amines is 1. The van der Waals surface area contributed by atoms with Crippen LogP contribution in [0, 0.1) is 37.4 Å². The summed E-state index contributed by atoms with van der Waals surface area (Å²) in [6, 6.07) is 5.04. The fourth-order valence-electron chi connectivity index (χ4n) is 5.33. The molecule has 5 rings (SSSR count). The molecule has 2 amide bonds. The number of carbonyl (C=O) groups excluding carboxylic acids is 2. The number of hydrogen-bond acceptors (Lipinski definition) is 5. The molecule has 4 N–H and O–H groups in total. The number of halogens is 1. The molecular formula is C27H33FN6O3. The fraction of sp³-hybridized carbons (Fsp3) is 0.481. The molecule has 0 bridgehead atoms. The molecule has 1 aromatic carbocycles. The molecule has 2 aliphatic rings. The van der Waals surface area contributed by atoms with Crippen LogP contribution in [0.5, 0.6) is 0 Å². The van der Waals surface area contributed by atoms with Crippen LogP contribution in [0.15, 0.2) is 30.5 Å². The minimum Gasteiger partial charge on any atom is -0.394 e. The van der Waals surface area contributed by atoms with E-state index >= 15 is 4.39 Å². The summed E-state index contributed by atoms with van der Waals surface area (Å²) < 4.78 is 16.6. The molecular weight excluding hydrogens is 475 g/mol. The van der Waals surface area contributed by atoms with E-state index in [2.05, 4.69) is 25.9 Å². The van der Waals surface area contributed by atoms with Gasteiger partial charge >= 0.3 is 0 Å².